The number of hydrogen-bond donors (Lipinski definition) is 1. The van der Waals surface area contributed by atoms with Crippen molar-refractivity contribution in [3.05, 3.63) is 66.8 Å². The van der Waals surface area contributed by atoms with Crippen LogP contribution >= 0.6 is 0 Å². The topological polar surface area (TPSA) is 96.4 Å². The van der Waals surface area contributed by atoms with Crippen LogP contribution in [-0.2, 0) is 23.9 Å². The Hall–Kier alpha value is -3.49. The third-order valence-electron chi connectivity index (χ3n) is 8.27. The van der Waals surface area contributed by atoms with E-state index in [9.17, 15) is 14.4 Å². The number of amides is 2. The van der Waals surface area contributed by atoms with Gasteiger partial charge in [-0.15, -0.1) is 0 Å². The lowest BCUT2D eigenvalue weighted by Gasteiger charge is -2.35. The average Bonchev–Trinajstić information content (AvgIpc) is 3.22. The molecule has 1 unspecified atom stereocenters. The van der Waals surface area contributed by atoms with Crippen LogP contribution in [0.15, 0.2) is 66.8 Å². The van der Waals surface area contributed by atoms with Crippen LogP contribution in [0.25, 0.3) is 10.8 Å². The lowest BCUT2D eigenvalue weighted by Crippen LogP contribution is -2.55. The number of ether oxygens (including phenoxy) is 2. The Morgan fingerprint density at radius 1 is 0.947 bits per heavy atom. The standard InChI is InChI=1S/C30H32N2O6/c33-17-6-2-1-5-15-32-26-28(35)31(22-13-12-20-9-3-4-10-21(20)19-22)16-8-14-30(26)25(27(32)34)24-23(38-30)11-7-18-37-29(24)36/h3-4,7-14,19,23-26,33H,1-2,5-6,15-18H2/t23-,24+,25-,26?,30-/m0/s1. The number of anilines is 1. The molecule has 2 fully saturated rings. The molecule has 4 aliphatic heterocycles. The molecular formula is C30H32N2O6. The van der Waals surface area contributed by atoms with Gasteiger partial charge in [0.05, 0.1) is 12.0 Å². The molecule has 2 aromatic carbocycles. The third kappa shape index (κ3) is 3.94. The fraction of sp³-hybridized carbons (Fsp3) is 0.433. The van der Waals surface area contributed by atoms with Crippen LogP contribution in [0, 0.1) is 11.8 Å². The lowest BCUT2D eigenvalue weighted by molar-refractivity contribution is -0.152. The summed E-state index contributed by atoms with van der Waals surface area (Å²) in [5, 5.41) is 11.2. The molecule has 2 aromatic rings. The lowest BCUT2D eigenvalue weighted by atomic mass is 9.78. The highest BCUT2D eigenvalue weighted by Crippen LogP contribution is 2.53. The first-order valence-electron chi connectivity index (χ1n) is 13.5. The number of benzene rings is 2. The Kier molecular flexibility index (Phi) is 6.53. The van der Waals surface area contributed by atoms with E-state index in [1.54, 1.807) is 22.0 Å². The minimum atomic E-state index is -1.25. The van der Waals surface area contributed by atoms with Gasteiger partial charge in [-0.3, -0.25) is 14.4 Å². The Morgan fingerprint density at radius 2 is 1.76 bits per heavy atom. The SMILES string of the molecule is O=C1OCC=C[C@@H]2O[C@]34C=CCN(c5ccc6ccccc6c5)C(=O)C3N(CCCCCCO)C(=O)[C@@H]4[C@H]12. The van der Waals surface area contributed by atoms with E-state index in [2.05, 4.69) is 0 Å². The molecule has 2 saturated heterocycles. The number of esters is 1. The van der Waals surface area contributed by atoms with Crippen LogP contribution in [0.2, 0.25) is 0 Å². The molecule has 1 N–H and O–H groups in total. The third-order valence-corrected chi connectivity index (χ3v) is 8.27. The van der Waals surface area contributed by atoms with Crippen molar-refractivity contribution >= 4 is 34.2 Å². The van der Waals surface area contributed by atoms with Gasteiger partial charge >= 0.3 is 5.97 Å². The van der Waals surface area contributed by atoms with Crippen LogP contribution in [0.3, 0.4) is 0 Å². The maximum atomic E-state index is 14.4. The molecule has 4 aliphatic rings. The molecule has 0 radical (unpaired) electrons. The number of hydrogen-bond acceptors (Lipinski definition) is 6. The van der Waals surface area contributed by atoms with Gasteiger partial charge < -0.3 is 24.4 Å². The van der Waals surface area contributed by atoms with Crippen molar-refractivity contribution in [2.75, 3.05) is 31.2 Å². The van der Waals surface area contributed by atoms with E-state index < -0.39 is 35.6 Å². The van der Waals surface area contributed by atoms with Crippen LogP contribution in [0.4, 0.5) is 5.69 Å². The molecule has 8 heteroatoms. The van der Waals surface area contributed by atoms with Gasteiger partial charge in [0.1, 0.15) is 24.2 Å². The van der Waals surface area contributed by atoms with Gasteiger partial charge in [0.15, 0.2) is 0 Å². The minimum Gasteiger partial charge on any atom is -0.461 e. The molecule has 1 spiro atoms. The van der Waals surface area contributed by atoms with Gasteiger partial charge in [0, 0.05) is 25.4 Å². The Balaban J connectivity index is 1.39. The first kappa shape index (κ1) is 24.8. The first-order chi connectivity index (χ1) is 18.5. The zero-order valence-electron chi connectivity index (χ0n) is 21.2. The predicted molar refractivity (Wildman–Crippen MR) is 141 cm³/mol. The van der Waals surface area contributed by atoms with E-state index in [1.165, 1.54) is 0 Å². The van der Waals surface area contributed by atoms with Crippen molar-refractivity contribution in [1.82, 2.24) is 4.90 Å². The summed E-state index contributed by atoms with van der Waals surface area (Å²) in [6.45, 7) is 0.988. The van der Waals surface area contributed by atoms with Crippen LogP contribution < -0.4 is 4.90 Å². The molecule has 5 atom stereocenters. The summed E-state index contributed by atoms with van der Waals surface area (Å²) >= 11 is 0. The Morgan fingerprint density at radius 3 is 2.61 bits per heavy atom. The van der Waals surface area contributed by atoms with Crippen LogP contribution in [0.1, 0.15) is 25.7 Å². The summed E-state index contributed by atoms with van der Waals surface area (Å²) in [5.74, 6) is -2.55. The summed E-state index contributed by atoms with van der Waals surface area (Å²) in [6.07, 6.45) is 9.69. The number of likely N-dealkylation sites (tertiary alicyclic amines) is 1. The smallest absolute Gasteiger partial charge is 0.313 e. The largest absolute Gasteiger partial charge is 0.461 e. The van der Waals surface area contributed by atoms with Crippen LogP contribution in [-0.4, -0.2) is 71.8 Å². The molecule has 8 nitrogen and oxygen atoms in total. The van der Waals surface area contributed by atoms with E-state index in [0.717, 1.165) is 29.3 Å². The maximum absolute atomic E-state index is 14.4. The zero-order chi connectivity index (χ0) is 26.3. The number of nitrogens with zero attached hydrogens (tertiary/aromatic N) is 2. The summed E-state index contributed by atoms with van der Waals surface area (Å²) in [4.78, 5) is 44.8. The van der Waals surface area contributed by atoms with Gasteiger partial charge in [0.2, 0.25) is 5.91 Å². The van der Waals surface area contributed by atoms with Crippen molar-refractivity contribution in [1.29, 1.82) is 0 Å². The number of cyclic esters (lactones) is 1. The van der Waals surface area contributed by atoms with Crippen LogP contribution in [0.5, 0.6) is 0 Å². The molecule has 198 valence electrons. The highest BCUT2D eigenvalue weighted by atomic mass is 16.6. The van der Waals surface area contributed by atoms with Crippen molar-refractivity contribution < 1.29 is 29.0 Å². The summed E-state index contributed by atoms with van der Waals surface area (Å²) < 4.78 is 11.9. The Labute approximate surface area is 221 Å². The van der Waals surface area contributed by atoms with E-state index in [-0.39, 0.29) is 25.0 Å². The monoisotopic (exact) mass is 516 g/mol. The van der Waals surface area contributed by atoms with Crippen molar-refractivity contribution in [3.63, 3.8) is 0 Å². The summed E-state index contributed by atoms with van der Waals surface area (Å²) in [7, 11) is 0. The number of aliphatic hydroxyl groups is 1. The number of unbranched alkanes of at least 4 members (excludes halogenated alkanes) is 3. The van der Waals surface area contributed by atoms with Crippen molar-refractivity contribution in [3.8, 4) is 0 Å². The fourth-order valence-electron chi connectivity index (χ4n) is 6.53. The molecule has 6 rings (SSSR count). The van der Waals surface area contributed by atoms with E-state index >= 15 is 0 Å². The predicted octanol–water partition coefficient (Wildman–Crippen LogP) is 2.99. The second-order valence-electron chi connectivity index (χ2n) is 10.5. The van der Waals surface area contributed by atoms with Crippen molar-refractivity contribution in [2.24, 2.45) is 11.8 Å². The molecule has 38 heavy (non-hydrogen) atoms. The number of fused-ring (bicyclic) bond motifs is 3. The normalized spacial score (nSPS) is 30.2. The maximum Gasteiger partial charge on any atom is 0.313 e. The highest BCUT2D eigenvalue weighted by Gasteiger charge is 2.71. The molecule has 0 aliphatic carbocycles. The number of carbonyl (C=O) groups is 3. The van der Waals surface area contributed by atoms with E-state index in [1.807, 2.05) is 54.6 Å². The number of aliphatic hydroxyl groups excluding tert-OH is 1. The highest BCUT2D eigenvalue weighted by molar-refractivity contribution is 6.06. The second kappa shape index (κ2) is 10.0. The molecule has 0 aromatic heterocycles. The quantitative estimate of drug-likeness (QED) is 0.345. The minimum absolute atomic E-state index is 0.132. The van der Waals surface area contributed by atoms with Gasteiger partial charge in [-0.05, 0) is 41.8 Å². The molecule has 4 heterocycles. The molecule has 0 bridgehead atoms. The zero-order valence-corrected chi connectivity index (χ0v) is 21.2. The molecule has 2 amide bonds. The van der Waals surface area contributed by atoms with Gasteiger partial charge in [-0.2, -0.15) is 0 Å². The van der Waals surface area contributed by atoms with E-state index in [0.29, 0.717) is 25.9 Å². The van der Waals surface area contributed by atoms with Gasteiger partial charge in [-0.1, -0.05) is 61.4 Å². The van der Waals surface area contributed by atoms with E-state index in [4.69, 9.17) is 14.6 Å². The molecular weight excluding hydrogens is 484 g/mol. The molecule has 0 saturated carbocycles. The van der Waals surface area contributed by atoms with Gasteiger partial charge in [-0.25, -0.2) is 0 Å². The summed E-state index contributed by atoms with van der Waals surface area (Å²) in [5.41, 5.74) is -0.498. The fourth-order valence-corrected chi connectivity index (χ4v) is 6.53. The Bertz CT molecular complexity index is 1320. The van der Waals surface area contributed by atoms with Crippen molar-refractivity contribution in [2.45, 2.75) is 43.4 Å². The first-order valence-corrected chi connectivity index (χ1v) is 13.5. The van der Waals surface area contributed by atoms with Gasteiger partial charge in [0.25, 0.3) is 5.91 Å². The second-order valence-corrected chi connectivity index (χ2v) is 10.5. The number of rotatable bonds is 7. The average molecular weight is 517 g/mol. The summed E-state index contributed by atoms with van der Waals surface area (Å²) in [6, 6.07) is 13.0. The number of carbonyl (C=O) groups excluding carboxylic acids is 3.